The molecule has 4 nitrogen and oxygen atoms in total. The SMILES string of the molecule is CN=C(NCC1(c2ccc(Cl)cc2)CCC1)NC1CCN(C(C)C)CC1.I. The summed E-state index contributed by atoms with van der Waals surface area (Å²) in [5, 5.41) is 8.04. The summed E-state index contributed by atoms with van der Waals surface area (Å²) in [6, 6.07) is 9.54. The molecule has 0 atom stereocenters. The quantitative estimate of drug-likeness (QED) is 0.354. The Morgan fingerprint density at radius 3 is 2.33 bits per heavy atom. The maximum absolute atomic E-state index is 6.06. The molecule has 0 amide bonds. The minimum atomic E-state index is 0. The van der Waals surface area contributed by atoms with Crippen LogP contribution >= 0.6 is 35.6 Å². The molecule has 0 unspecified atom stereocenters. The number of nitrogens with zero attached hydrogens (tertiary/aromatic N) is 2. The predicted octanol–water partition coefficient (Wildman–Crippen LogP) is 4.42. The molecule has 1 aliphatic heterocycles. The van der Waals surface area contributed by atoms with Crippen molar-refractivity contribution in [1.29, 1.82) is 0 Å². The number of nitrogens with one attached hydrogen (secondary N) is 2. The van der Waals surface area contributed by atoms with E-state index in [-0.39, 0.29) is 29.4 Å². The molecule has 1 saturated heterocycles. The first-order valence-corrected chi connectivity index (χ1v) is 10.4. The van der Waals surface area contributed by atoms with E-state index in [1.54, 1.807) is 0 Å². The molecule has 6 heteroatoms. The first-order chi connectivity index (χ1) is 12.5. The van der Waals surface area contributed by atoms with Gasteiger partial charge in [0.25, 0.3) is 0 Å². The number of likely N-dealkylation sites (tertiary alicyclic amines) is 1. The Bertz CT molecular complexity index is 605. The van der Waals surface area contributed by atoms with Crippen molar-refractivity contribution in [3.05, 3.63) is 34.9 Å². The van der Waals surface area contributed by atoms with Crippen molar-refractivity contribution >= 4 is 41.5 Å². The number of hydrogen-bond donors (Lipinski definition) is 2. The van der Waals surface area contributed by atoms with Crippen molar-refractivity contribution in [1.82, 2.24) is 15.5 Å². The third kappa shape index (κ3) is 5.73. The molecule has 3 rings (SSSR count). The molecule has 2 N–H and O–H groups in total. The Balaban J connectivity index is 0.00000261. The molecule has 152 valence electrons. The van der Waals surface area contributed by atoms with Crippen LogP contribution in [0.2, 0.25) is 5.02 Å². The van der Waals surface area contributed by atoms with Crippen LogP contribution in [0.1, 0.15) is 51.5 Å². The van der Waals surface area contributed by atoms with Crippen molar-refractivity contribution in [3.8, 4) is 0 Å². The molecule has 0 spiro atoms. The van der Waals surface area contributed by atoms with Crippen LogP contribution in [0.3, 0.4) is 0 Å². The van der Waals surface area contributed by atoms with Gasteiger partial charge < -0.3 is 15.5 Å². The Morgan fingerprint density at radius 2 is 1.85 bits per heavy atom. The summed E-state index contributed by atoms with van der Waals surface area (Å²) >= 11 is 6.06. The van der Waals surface area contributed by atoms with Gasteiger partial charge in [-0.1, -0.05) is 30.2 Å². The molecule has 1 aromatic rings. The number of hydrogen-bond acceptors (Lipinski definition) is 2. The number of rotatable bonds is 5. The molecule has 1 saturated carbocycles. The fourth-order valence-corrected chi connectivity index (χ4v) is 4.30. The van der Waals surface area contributed by atoms with Gasteiger partial charge in [0.15, 0.2) is 5.96 Å². The van der Waals surface area contributed by atoms with E-state index in [0.717, 1.165) is 17.5 Å². The second-order valence-electron chi connectivity index (χ2n) is 8.11. The number of aliphatic imine (C=N–C) groups is 1. The van der Waals surface area contributed by atoms with Crippen LogP contribution in [0.25, 0.3) is 0 Å². The van der Waals surface area contributed by atoms with Gasteiger partial charge in [0, 0.05) is 49.2 Å². The number of piperidine rings is 1. The summed E-state index contributed by atoms with van der Waals surface area (Å²) in [4.78, 5) is 7.02. The van der Waals surface area contributed by atoms with Crippen LogP contribution < -0.4 is 10.6 Å². The Labute approximate surface area is 186 Å². The summed E-state index contributed by atoms with van der Waals surface area (Å²) in [6.07, 6.45) is 6.11. The Morgan fingerprint density at radius 1 is 1.22 bits per heavy atom. The van der Waals surface area contributed by atoms with Gasteiger partial charge in [-0.25, -0.2) is 0 Å². The number of guanidine groups is 1. The van der Waals surface area contributed by atoms with Gasteiger partial charge in [0.2, 0.25) is 0 Å². The molecule has 0 bridgehead atoms. The summed E-state index contributed by atoms with van der Waals surface area (Å²) in [7, 11) is 1.87. The largest absolute Gasteiger partial charge is 0.356 e. The highest BCUT2D eigenvalue weighted by Crippen LogP contribution is 2.43. The zero-order valence-corrected chi connectivity index (χ0v) is 19.9. The van der Waals surface area contributed by atoms with Crippen LogP contribution in [0, 0.1) is 0 Å². The lowest BCUT2D eigenvalue weighted by Gasteiger charge is -2.43. The van der Waals surface area contributed by atoms with Crippen molar-refractivity contribution in [2.45, 2.75) is 63.5 Å². The predicted molar refractivity (Wildman–Crippen MR) is 127 cm³/mol. The van der Waals surface area contributed by atoms with Crippen molar-refractivity contribution in [3.63, 3.8) is 0 Å². The maximum atomic E-state index is 6.06. The lowest BCUT2D eigenvalue weighted by molar-refractivity contribution is 0.167. The van der Waals surface area contributed by atoms with E-state index in [1.807, 2.05) is 19.2 Å². The van der Waals surface area contributed by atoms with E-state index in [2.05, 4.69) is 46.5 Å². The van der Waals surface area contributed by atoms with E-state index in [1.165, 1.54) is 50.8 Å². The van der Waals surface area contributed by atoms with E-state index >= 15 is 0 Å². The van der Waals surface area contributed by atoms with E-state index < -0.39 is 0 Å². The van der Waals surface area contributed by atoms with E-state index in [0.29, 0.717) is 12.1 Å². The fraction of sp³-hybridized carbons (Fsp3) is 0.667. The average molecular weight is 505 g/mol. The summed E-state index contributed by atoms with van der Waals surface area (Å²) in [6.45, 7) is 7.83. The monoisotopic (exact) mass is 504 g/mol. The molecule has 27 heavy (non-hydrogen) atoms. The zero-order valence-electron chi connectivity index (χ0n) is 16.8. The first-order valence-electron chi connectivity index (χ1n) is 10.00. The lowest BCUT2D eigenvalue weighted by atomic mass is 9.64. The van der Waals surface area contributed by atoms with E-state index in [4.69, 9.17) is 11.6 Å². The smallest absolute Gasteiger partial charge is 0.191 e. The molecule has 0 aromatic heterocycles. The van der Waals surface area contributed by atoms with Gasteiger partial charge in [0.1, 0.15) is 0 Å². The highest BCUT2D eigenvalue weighted by molar-refractivity contribution is 14.0. The number of halogens is 2. The maximum Gasteiger partial charge on any atom is 0.191 e. The van der Waals surface area contributed by atoms with Gasteiger partial charge in [-0.3, -0.25) is 4.99 Å². The highest BCUT2D eigenvalue weighted by atomic mass is 127. The molecular weight excluding hydrogens is 471 g/mol. The van der Waals surface area contributed by atoms with Gasteiger partial charge in [-0.15, -0.1) is 24.0 Å². The molecular formula is C21H34ClIN4. The van der Waals surface area contributed by atoms with Gasteiger partial charge in [-0.2, -0.15) is 0 Å². The second-order valence-corrected chi connectivity index (χ2v) is 8.55. The van der Waals surface area contributed by atoms with Crippen LogP contribution in [-0.2, 0) is 5.41 Å². The molecule has 1 aliphatic carbocycles. The minimum absolute atomic E-state index is 0. The third-order valence-electron chi connectivity index (χ3n) is 6.19. The van der Waals surface area contributed by atoms with Crippen molar-refractivity contribution < 1.29 is 0 Å². The molecule has 1 aromatic carbocycles. The van der Waals surface area contributed by atoms with Crippen LogP contribution in [0.15, 0.2) is 29.3 Å². The molecule has 1 heterocycles. The zero-order chi connectivity index (χ0) is 18.6. The first kappa shape index (κ1) is 22.8. The van der Waals surface area contributed by atoms with Crippen molar-refractivity contribution in [2.75, 3.05) is 26.7 Å². The highest BCUT2D eigenvalue weighted by Gasteiger charge is 2.38. The van der Waals surface area contributed by atoms with Gasteiger partial charge >= 0.3 is 0 Å². The van der Waals surface area contributed by atoms with Crippen LogP contribution in [0.5, 0.6) is 0 Å². The normalized spacial score (nSPS) is 20.7. The van der Waals surface area contributed by atoms with Crippen LogP contribution in [-0.4, -0.2) is 49.6 Å². The molecule has 2 aliphatic rings. The average Bonchev–Trinajstić information content (AvgIpc) is 2.61. The van der Waals surface area contributed by atoms with Gasteiger partial charge in [0.05, 0.1) is 0 Å². The number of benzene rings is 1. The van der Waals surface area contributed by atoms with Gasteiger partial charge in [-0.05, 0) is 57.2 Å². The van der Waals surface area contributed by atoms with Crippen molar-refractivity contribution in [2.24, 2.45) is 4.99 Å². The van der Waals surface area contributed by atoms with Crippen LogP contribution in [0.4, 0.5) is 0 Å². The third-order valence-corrected chi connectivity index (χ3v) is 6.44. The Kier molecular flexibility index (Phi) is 8.69. The summed E-state index contributed by atoms with van der Waals surface area (Å²) in [5.74, 6) is 0.938. The Hall–Kier alpha value is -0.530. The molecule has 0 radical (unpaired) electrons. The summed E-state index contributed by atoms with van der Waals surface area (Å²) in [5.41, 5.74) is 1.62. The summed E-state index contributed by atoms with van der Waals surface area (Å²) < 4.78 is 0. The van der Waals surface area contributed by atoms with E-state index in [9.17, 15) is 0 Å². The fourth-order valence-electron chi connectivity index (χ4n) is 4.18. The minimum Gasteiger partial charge on any atom is -0.356 e. The second kappa shape index (κ2) is 10.3. The standard InChI is InChI=1S/C21H33ClN4.HI/c1-16(2)26-13-9-19(10-14-26)25-20(23-3)24-15-21(11-4-12-21)17-5-7-18(22)8-6-17;/h5-8,16,19H,4,9-15H2,1-3H3,(H2,23,24,25);1H. The lowest BCUT2D eigenvalue weighted by Crippen LogP contribution is -2.53. The molecule has 2 fully saturated rings. The topological polar surface area (TPSA) is 39.7 Å².